The zero-order valence-corrected chi connectivity index (χ0v) is 9.87. The Bertz CT molecular complexity index is 409. The van der Waals surface area contributed by atoms with Crippen molar-refractivity contribution in [1.29, 1.82) is 0 Å². The molecule has 1 heterocycles. The standard InChI is InChI=1S/C8H12ClN5O2/c1-8(2,4(10)15)14-6-11-5(9)12-7(13-6)16-3/h1-3H3,(H2,10,15)(H,11,12,13,14). The smallest absolute Gasteiger partial charge is 0.322 e. The third kappa shape index (κ3) is 2.93. The number of nitrogens with two attached hydrogens (primary N) is 1. The number of amides is 1. The molecule has 0 saturated heterocycles. The van der Waals surface area contributed by atoms with Gasteiger partial charge in [0.25, 0.3) is 0 Å². The van der Waals surface area contributed by atoms with Gasteiger partial charge in [0.2, 0.25) is 17.1 Å². The fraction of sp³-hybridized carbons (Fsp3) is 0.500. The van der Waals surface area contributed by atoms with Gasteiger partial charge in [-0.1, -0.05) is 0 Å². The van der Waals surface area contributed by atoms with Gasteiger partial charge in [-0.2, -0.15) is 15.0 Å². The molecule has 3 N–H and O–H groups in total. The maximum absolute atomic E-state index is 11.1. The van der Waals surface area contributed by atoms with Crippen LogP contribution >= 0.6 is 11.6 Å². The number of carbonyl (C=O) groups is 1. The fourth-order valence-electron chi connectivity index (χ4n) is 0.820. The van der Waals surface area contributed by atoms with Crippen molar-refractivity contribution in [2.24, 2.45) is 5.73 Å². The first-order chi connectivity index (χ1) is 7.35. The second kappa shape index (κ2) is 4.48. The van der Waals surface area contributed by atoms with E-state index in [1.165, 1.54) is 7.11 Å². The van der Waals surface area contributed by atoms with Gasteiger partial charge in [-0.15, -0.1) is 0 Å². The van der Waals surface area contributed by atoms with Crippen molar-refractivity contribution in [2.45, 2.75) is 19.4 Å². The Balaban J connectivity index is 2.97. The molecule has 7 nitrogen and oxygen atoms in total. The summed E-state index contributed by atoms with van der Waals surface area (Å²) < 4.78 is 4.81. The van der Waals surface area contributed by atoms with E-state index in [1.807, 2.05) is 0 Å². The molecule has 0 aliphatic carbocycles. The lowest BCUT2D eigenvalue weighted by Crippen LogP contribution is -2.45. The van der Waals surface area contributed by atoms with E-state index in [1.54, 1.807) is 13.8 Å². The highest BCUT2D eigenvalue weighted by Crippen LogP contribution is 2.15. The summed E-state index contributed by atoms with van der Waals surface area (Å²) in [6.45, 7) is 3.19. The number of rotatable bonds is 4. The number of hydrogen-bond acceptors (Lipinski definition) is 6. The predicted octanol–water partition coefficient (Wildman–Crippen LogP) is 0.209. The molecule has 0 radical (unpaired) electrons. The number of anilines is 1. The average Bonchev–Trinajstić information content (AvgIpc) is 2.15. The number of hydrogen-bond donors (Lipinski definition) is 2. The molecule has 0 aromatic carbocycles. The number of carbonyl (C=O) groups excluding carboxylic acids is 1. The summed E-state index contributed by atoms with van der Waals surface area (Å²) in [5.74, 6) is -0.413. The molecule has 0 atom stereocenters. The van der Waals surface area contributed by atoms with E-state index in [0.29, 0.717) is 0 Å². The van der Waals surface area contributed by atoms with Gasteiger partial charge in [0.15, 0.2) is 0 Å². The van der Waals surface area contributed by atoms with Gasteiger partial charge in [-0.25, -0.2) is 0 Å². The van der Waals surface area contributed by atoms with Crippen LogP contribution in [-0.2, 0) is 4.79 Å². The molecule has 16 heavy (non-hydrogen) atoms. The summed E-state index contributed by atoms with van der Waals surface area (Å²) in [7, 11) is 1.40. The minimum Gasteiger partial charge on any atom is -0.467 e. The van der Waals surface area contributed by atoms with Gasteiger partial charge in [0.05, 0.1) is 7.11 Å². The fourth-order valence-corrected chi connectivity index (χ4v) is 0.973. The van der Waals surface area contributed by atoms with Crippen molar-refractivity contribution < 1.29 is 9.53 Å². The second-order valence-electron chi connectivity index (χ2n) is 3.53. The first kappa shape index (κ1) is 12.4. The van der Waals surface area contributed by atoms with E-state index in [9.17, 15) is 4.79 Å². The molecule has 8 heteroatoms. The molecule has 0 spiro atoms. The maximum atomic E-state index is 11.1. The normalized spacial score (nSPS) is 11.0. The van der Waals surface area contributed by atoms with Crippen LogP contribution in [0.1, 0.15) is 13.8 Å². The van der Waals surface area contributed by atoms with Crippen molar-refractivity contribution >= 4 is 23.5 Å². The monoisotopic (exact) mass is 245 g/mol. The van der Waals surface area contributed by atoms with Crippen LogP contribution in [0.5, 0.6) is 6.01 Å². The van der Waals surface area contributed by atoms with Gasteiger partial charge in [-0.3, -0.25) is 4.79 Å². The summed E-state index contributed by atoms with van der Waals surface area (Å²) >= 11 is 5.64. The first-order valence-corrected chi connectivity index (χ1v) is 4.76. The molecule has 1 aromatic heterocycles. The SMILES string of the molecule is COc1nc(Cl)nc(NC(C)(C)C(N)=O)n1. The molecule has 1 aromatic rings. The van der Waals surface area contributed by atoms with Crippen molar-refractivity contribution in [3.8, 4) is 6.01 Å². The second-order valence-corrected chi connectivity index (χ2v) is 3.87. The molecule has 88 valence electrons. The molecule has 0 unspecified atom stereocenters. The lowest BCUT2D eigenvalue weighted by molar-refractivity contribution is -0.121. The van der Waals surface area contributed by atoms with Crippen LogP contribution in [0.3, 0.4) is 0 Å². The van der Waals surface area contributed by atoms with Crippen LogP contribution in [0.4, 0.5) is 5.95 Å². The van der Waals surface area contributed by atoms with E-state index in [0.717, 1.165) is 0 Å². The number of nitrogens with one attached hydrogen (secondary N) is 1. The minimum atomic E-state index is -0.990. The van der Waals surface area contributed by atoms with Crippen LogP contribution in [0.25, 0.3) is 0 Å². The Morgan fingerprint density at radius 1 is 1.44 bits per heavy atom. The largest absolute Gasteiger partial charge is 0.467 e. The van der Waals surface area contributed by atoms with E-state index >= 15 is 0 Å². The van der Waals surface area contributed by atoms with E-state index in [2.05, 4.69) is 20.3 Å². The van der Waals surface area contributed by atoms with Gasteiger partial charge >= 0.3 is 6.01 Å². The molecular weight excluding hydrogens is 234 g/mol. The number of nitrogens with zero attached hydrogens (tertiary/aromatic N) is 3. The molecule has 1 rings (SSSR count). The third-order valence-corrected chi connectivity index (χ3v) is 1.98. The predicted molar refractivity (Wildman–Crippen MR) is 58.3 cm³/mol. The molecule has 0 bridgehead atoms. The zero-order chi connectivity index (χ0) is 12.3. The van der Waals surface area contributed by atoms with Crippen LogP contribution in [0.15, 0.2) is 0 Å². The first-order valence-electron chi connectivity index (χ1n) is 4.39. The van der Waals surface area contributed by atoms with E-state index in [-0.39, 0.29) is 17.2 Å². The van der Waals surface area contributed by atoms with Gasteiger partial charge in [0, 0.05) is 0 Å². The Kier molecular flexibility index (Phi) is 3.48. The number of aromatic nitrogens is 3. The summed E-state index contributed by atoms with van der Waals surface area (Å²) in [5, 5.41) is 2.70. The summed E-state index contributed by atoms with van der Waals surface area (Å²) in [6, 6.07) is 0.0581. The zero-order valence-electron chi connectivity index (χ0n) is 9.11. The maximum Gasteiger partial charge on any atom is 0.322 e. The molecule has 0 saturated carbocycles. The number of methoxy groups -OCH3 is 1. The van der Waals surface area contributed by atoms with Crippen molar-refractivity contribution in [1.82, 2.24) is 15.0 Å². The molecule has 0 fully saturated rings. The average molecular weight is 246 g/mol. The van der Waals surface area contributed by atoms with Crippen molar-refractivity contribution in [3.63, 3.8) is 0 Å². The summed E-state index contributed by atoms with van der Waals surface area (Å²) in [5.41, 5.74) is 4.20. The van der Waals surface area contributed by atoms with Gasteiger partial charge < -0.3 is 15.8 Å². The topological polar surface area (TPSA) is 103 Å². The highest BCUT2D eigenvalue weighted by atomic mass is 35.5. The van der Waals surface area contributed by atoms with E-state index in [4.69, 9.17) is 22.1 Å². The van der Waals surface area contributed by atoms with Gasteiger partial charge in [0.1, 0.15) is 5.54 Å². The minimum absolute atomic E-state index is 0.0328. The Hall–Kier alpha value is -1.63. The number of primary amides is 1. The van der Waals surface area contributed by atoms with Crippen LogP contribution in [0, 0.1) is 0 Å². The highest BCUT2D eigenvalue weighted by Gasteiger charge is 2.26. The van der Waals surface area contributed by atoms with Crippen molar-refractivity contribution in [2.75, 3.05) is 12.4 Å². The molecule has 0 aliphatic rings. The molecular formula is C8H12ClN5O2. The lowest BCUT2D eigenvalue weighted by atomic mass is 10.1. The van der Waals surface area contributed by atoms with Crippen LogP contribution < -0.4 is 15.8 Å². The van der Waals surface area contributed by atoms with Crippen LogP contribution in [0.2, 0.25) is 5.28 Å². The quantitative estimate of drug-likeness (QED) is 0.786. The Labute approximate surface area is 97.4 Å². The van der Waals surface area contributed by atoms with Crippen LogP contribution in [-0.4, -0.2) is 33.5 Å². The number of halogens is 1. The third-order valence-electron chi connectivity index (χ3n) is 1.81. The lowest BCUT2D eigenvalue weighted by Gasteiger charge is -2.21. The summed E-state index contributed by atoms with van der Waals surface area (Å²) in [6.07, 6.45) is 0. The Morgan fingerprint density at radius 3 is 2.56 bits per heavy atom. The molecule has 1 amide bonds. The van der Waals surface area contributed by atoms with Crippen molar-refractivity contribution in [3.05, 3.63) is 5.28 Å². The Morgan fingerprint density at radius 2 is 2.06 bits per heavy atom. The number of ether oxygens (including phenoxy) is 1. The van der Waals surface area contributed by atoms with E-state index < -0.39 is 11.4 Å². The summed E-state index contributed by atoms with van der Waals surface area (Å²) in [4.78, 5) is 22.4. The van der Waals surface area contributed by atoms with Gasteiger partial charge in [-0.05, 0) is 25.4 Å². The highest BCUT2D eigenvalue weighted by molar-refractivity contribution is 6.28. The molecule has 0 aliphatic heterocycles.